The predicted octanol–water partition coefficient (Wildman–Crippen LogP) is 2.62. The molecule has 1 aromatic rings. The summed E-state index contributed by atoms with van der Waals surface area (Å²) in [6.45, 7) is 10.9. The lowest BCUT2D eigenvalue weighted by Crippen LogP contribution is -2.52. The molecule has 1 fully saturated rings. The third-order valence-corrected chi connectivity index (χ3v) is 6.64. The van der Waals surface area contributed by atoms with Crippen molar-refractivity contribution < 1.29 is 8.42 Å². The van der Waals surface area contributed by atoms with Crippen LogP contribution in [0.2, 0.25) is 0 Å². The Bertz CT molecular complexity index is 588. The van der Waals surface area contributed by atoms with E-state index in [0.29, 0.717) is 6.54 Å². The van der Waals surface area contributed by atoms with Crippen molar-refractivity contribution in [2.24, 2.45) is 5.41 Å². The van der Waals surface area contributed by atoms with Crippen molar-refractivity contribution >= 4 is 21.8 Å². The van der Waals surface area contributed by atoms with Crippen LogP contribution in [0.25, 0.3) is 0 Å². The van der Waals surface area contributed by atoms with Gasteiger partial charge in [0.25, 0.3) is 10.0 Å². The molecule has 1 saturated heterocycles. The van der Waals surface area contributed by atoms with E-state index in [0.717, 1.165) is 11.5 Å². The molecule has 0 radical (unpaired) electrons. The maximum absolute atomic E-state index is 12.9. The molecular formula is C14H25N3O2S2. The molecule has 2 heterocycles. The summed E-state index contributed by atoms with van der Waals surface area (Å²) in [6.07, 6.45) is 3.24. The topological polar surface area (TPSA) is 55.2 Å². The molecule has 0 saturated carbocycles. The van der Waals surface area contributed by atoms with Crippen molar-refractivity contribution in [2.45, 2.75) is 51.7 Å². The molecule has 2 rings (SSSR count). The van der Waals surface area contributed by atoms with Crippen molar-refractivity contribution in [2.75, 3.05) is 18.1 Å². The first-order chi connectivity index (χ1) is 9.64. The van der Waals surface area contributed by atoms with Gasteiger partial charge in [-0.1, -0.05) is 20.8 Å². The van der Waals surface area contributed by atoms with Crippen LogP contribution in [0, 0.1) is 5.41 Å². The van der Waals surface area contributed by atoms with Gasteiger partial charge in [-0.25, -0.2) is 13.4 Å². The third-order valence-electron chi connectivity index (χ3n) is 3.83. The number of nitrogens with zero attached hydrogens (tertiary/aromatic N) is 3. The first kappa shape index (κ1) is 16.8. The number of hydrogen-bond donors (Lipinski definition) is 0. The second-order valence-corrected chi connectivity index (χ2v) is 9.81. The van der Waals surface area contributed by atoms with E-state index in [1.54, 1.807) is 16.8 Å². The largest absolute Gasteiger partial charge is 0.334 e. The first-order valence-corrected chi connectivity index (χ1v) is 9.86. The molecule has 1 aliphatic rings. The van der Waals surface area contributed by atoms with E-state index in [9.17, 15) is 8.42 Å². The van der Waals surface area contributed by atoms with Crippen molar-refractivity contribution in [3.8, 4) is 0 Å². The van der Waals surface area contributed by atoms with Gasteiger partial charge in [0.05, 0.1) is 6.33 Å². The summed E-state index contributed by atoms with van der Waals surface area (Å²) in [5, 5.41) is 0.164. The van der Waals surface area contributed by atoms with E-state index in [4.69, 9.17) is 0 Å². The molecule has 1 atom stereocenters. The first-order valence-electron chi connectivity index (χ1n) is 7.27. The molecule has 7 heteroatoms. The Hall–Kier alpha value is -0.530. The molecule has 0 bridgehead atoms. The zero-order valence-corrected chi connectivity index (χ0v) is 15.0. The van der Waals surface area contributed by atoms with Crippen molar-refractivity contribution in [1.82, 2.24) is 13.9 Å². The Labute approximate surface area is 132 Å². The molecule has 1 aliphatic heterocycles. The van der Waals surface area contributed by atoms with E-state index >= 15 is 0 Å². The number of thioether (sulfide) groups is 1. The minimum absolute atomic E-state index is 0.00505. The Balaban J connectivity index is 2.36. The van der Waals surface area contributed by atoms with Crippen molar-refractivity contribution in [3.63, 3.8) is 0 Å². The number of sulfonamides is 1. The minimum atomic E-state index is -3.52. The summed E-state index contributed by atoms with van der Waals surface area (Å²) in [4.78, 5) is 4.13. The van der Waals surface area contributed by atoms with E-state index in [-0.39, 0.29) is 22.5 Å². The van der Waals surface area contributed by atoms with Gasteiger partial charge in [0, 0.05) is 36.3 Å². The Kier molecular flexibility index (Phi) is 4.75. The fraction of sp³-hybridized carbons (Fsp3) is 0.786. The number of aromatic nitrogens is 2. The Morgan fingerprint density at radius 2 is 2.05 bits per heavy atom. The second-order valence-electron chi connectivity index (χ2n) is 6.83. The van der Waals surface area contributed by atoms with Gasteiger partial charge < -0.3 is 4.57 Å². The number of imidazole rings is 1. The van der Waals surface area contributed by atoms with Crippen LogP contribution in [0.1, 0.15) is 40.7 Å². The number of rotatable bonds is 3. The van der Waals surface area contributed by atoms with Crippen LogP contribution >= 0.6 is 11.8 Å². The lowest BCUT2D eigenvalue weighted by molar-refractivity contribution is 0.198. The van der Waals surface area contributed by atoms with Crippen LogP contribution in [0.15, 0.2) is 17.6 Å². The molecule has 0 amide bonds. The van der Waals surface area contributed by atoms with Gasteiger partial charge in [0.2, 0.25) is 0 Å². The highest BCUT2D eigenvalue weighted by Gasteiger charge is 2.40. The highest BCUT2D eigenvalue weighted by molar-refractivity contribution is 7.99. The average Bonchev–Trinajstić information content (AvgIpc) is 2.88. The van der Waals surface area contributed by atoms with Gasteiger partial charge in [-0.15, -0.1) is 0 Å². The number of hydrogen-bond acceptors (Lipinski definition) is 4. The Morgan fingerprint density at radius 3 is 2.57 bits per heavy atom. The van der Waals surface area contributed by atoms with E-state index in [1.807, 2.05) is 30.2 Å². The molecule has 1 aromatic heterocycles. The average molecular weight is 332 g/mol. The van der Waals surface area contributed by atoms with E-state index in [2.05, 4.69) is 25.8 Å². The highest BCUT2D eigenvalue weighted by atomic mass is 32.2. The summed E-state index contributed by atoms with van der Waals surface area (Å²) in [6, 6.07) is 0.210. The highest BCUT2D eigenvalue weighted by Crippen LogP contribution is 2.34. The third kappa shape index (κ3) is 3.46. The van der Waals surface area contributed by atoms with Gasteiger partial charge in [-0.2, -0.15) is 16.1 Å². The van der Waals surface area contributed by atoms with Gasteiger partial charge in [0.1, 0.15) is 0 Å². The summed E-state index contributed by atoms with van der Waals surface area (Å²) >= 11 is 1.82. The summed E-state index contributed by atoms with van der Waals surface area (Å²) in [7, 11) is -3.52. The van der Waals surface area contributed by atoms with Crippen molar-refractivity contribution in [3.05, 3.63) is 12.5 Å². The molecule has 5 nitrogen and oxygen atoms in total. The van der Waals surface area contributed by atoms with E-state index < -0.39 is 10.0 Å². The zero-order valence-electron chi connectivity index (χ0n) is 13.4. The molecule has 1 unspecified atom stereocenters. The SMILES string of the molecule is CC(C)n1cnc(S(=O)(=O)N2CCSCC2C(C)(C)C)c1. The maximum Gasteiger partial charge on any atom is 0.262 e. The van der Waals surface area contributed by atoms with Crippen LogP contribution in [0.5, 0.6) is 0 Å². The van der Waals surface area contributed by atoms with Gasteiger partial charge in [0.15, 0.2) is 5.03 Å². The second kappa shape index (κ2) is 5.93. The predicted molar refractivity (Wildman–Crippen MR) is 87.1 cm³/mol. The van der Waals surface area contributed by atoms with Gasteiger partial charge in [-0.05, 0) is 19.3 Å². The van der Waals surface area contributed by atoms with Crippen LogP contribution in [0.4, 0.5) is 0 Å². The molecular weight excluding hydrogens is 306 g/mol. The maximum atomic E-state index is 12.9. The zero-order chi connectivity index (χ0) is 15.8. The lowest BCUT2D eigenvalue weighted by atomic mass is 9.88. The van der Waals surface area contributed by atoms with Crippen LogP contribution < -0.4 is 0 Å². The van der Waals surface area contributed by atoms with Gasteiger partial charge in [-0.3, -0.25) is 0 Å². The lowest BCUT2D eigenvalue weighted by Gasteiger charge is -2.41. The summed E-state index contributed by atoms with van der Waals surface area (Å²) in [5.41, 5.74) is -0.0822. The molecule has 0 aliphatic carbocycles. The molecule has 21 heavy (non-hydrogen) atoms. The smallest absolute Gasteiger partial charge is 0.262 e. The van der Waals surface area contributed by atoms with Gasteiger partial charge >= 0.3 is 0 Å². The van der Waals surface area contributed by atoms with Crippen molar-refractivity contribution in [1.29, 1.82) is 0 Å². The van der Waals surface area contributed by atoms with Crippen LogP contribution in [-0.4, -0.2) is 46.4 Å². The summed E-state index contributed by atoms with van der Waals surface area (Å²) < 4.78 is 29.3. The standard InChI is InChI=1S/C14H25N3O2S2/c1-11(2)16-8-13(15-10-16)21(18,19)17-6-7-20-9-12(17)14(3,4)5/h8,10-12H,6-7,9H2,1-5H3. The molecule has 0 spiro atoms. The molecule has 120 valence electrons. The summed E-state index contributed by atoms with van der Waals surface area (Å²) in [5.74, 6) is 1.68. The molecule has 0 aromatic carbocycles. The fourth-order valence-corrected chi connectivity index (χ4v) is 5.75. The quantitative estimate of drug-likeness (QED) is 0.854. The monoisotopic (exact) mass is 331 g/mol. The van der Waals surface area contributed by atoms with E-state index in [1.165, 1.54) is 0 Å². The van der Waals surface area contributed by atoms with Crippen LogP contribution in [0.3, 0.4) is 0 Å². The Morgan fingerprint density at radius 1 is 1.38 bits per heavy atom. The minimum Gasteiger partial charge on any atom is -0.334 e. The normalized spacial score (nSPS) is 21.9. The molecule has 0 N–H and O–H groups in total. The van der Waals surface area contributed by atoms with Crippen LogP contribution in [-0.2, 0) is 10.0 Å². The fourth-order valence-electron chi connectivity index (χ4n) is 2.41.